The van der Waals surface area contributed by atoms with Gasteiger partial charge >= 0.3 is 0 Å². The zero-order valence-electron chi connectivity index (χ0n) is 5.15. The molecule has 0 amide bonds. The monoisotopic (exact) mass is 171 g/mol. The van der Waals surface area contributed by atoms with Crippen LogP contribution in [0.4, 0.5) is 5.95 Å². The number of nitrogens with one attached hydrogen (secondary N) is 1. The van der Waals surface area contributed by atoms with Crippen LogP contribution in [-0.2, 0) is 0 Å². The summed E-state index contributed by atoms with van der Waals surface area (Å²) < 4.78 is 0. The lowest BCUT2D eigenvalue weighted by molar-refractivity contribution is 0.111. The van der Waals surface area contributed by atoms with Crippen LogP contribution in [0.5, 0.6) is 0 Å². The van der Waals surface area contributed by atoms with Gasteiger partial charge in [0.25, 0.3) is 0 Å². The van der Waals surface area contributed by atoms with E-state index in [2.05, 4.69) is 20.0 Å². The maximum absolute atomic E-state index is 10.1. The topological polar surface area (TPSA) is 94.5 Å². The third-order valence-corrected chi connectivity index (χ3v) is 1.21. The maximum Gasteiger partial charge on any atom is 0.196 e. The third-order valence-electron chi connectivity index (χ3n) is 0.924. The number of aldehydes is 1. The van der Waals surface area contributed by atoms with E-state index in [0.717, 1.165) is 0 Å². The lowest BCUT2D eigenvalue weighted by Gasteiger charge is -1.75. The molecule has 0 aliphatic heterocycles. The van der Waals surface area contributed by atoms with Gasteiger partial charge in [-0.1, -0.05) is 11.6 Å². The molecule has 1 heterocycles. The first-order valence-electron chi connectivity index (χ1n) is 2.53. The molecule has 0 spiro atoms. The van der Waals surface area contributed by atoms with Crippen molar-refractivity contribution in [3.05, 3.63) is 21.3 Å². The number of hydrogen-bond acceptors (Lipinski definition) is 3. The minimum Gasteiger partial charge on any atom is -0.327 e. The van der Waals surface area contributed by atoms with E-state index in [4.69, 9.17) is 17.1 Å². The van der Waals surface area contributed by atoms with Crippen molar-refractivity contribution in [2.45, 2.75) is 0 Å². The van der Waals surface area contributed by atoms with Crippen molar-refractivity contribution in [1.82, 2.24) is 9.97 Å². The van der Waals surface area contributed by atoms with Crippen molar-refractivity contribution in [2.24, 2.45) is 5.11 Å². The molecule has 0 unspecified atom stereocenters. The quantitative estimate of drug-likeness (QED) is 0.318. The third kappa shape index (κ3) is 1.49. The van der Waals surface area contributed by atoms with E-state index in [-0.39, 0.29) is 16.8 Å². The van der Waals surface area contributed by atoms with E-state index < -0.39 is 0 Å². The predicted octanol–water partition coefficient (Wildman–Crippen LogP) is 1.82. The molecule has 0 bridgehead atoms. The Morgan fingerprint density at radius 3 is 3.00 bits per heavy atom. The summed E-state index contributed by atoms with van der Waals surface area (Å²) in [6, 6.07) is 0. The van der Waals surface area contributed by atoms with Gasteiger partial charge < -0.3 is 4.98 Å². The molecule has 56 valence electrons. The predicted molar refractivity (Wildman–Crippen MR) is 37.8 cm³/mol. The number of carbonyl (C=O) groups excluding carboxylic acids is 1. The zero-order chi connectivity index (χ0) is 8.27. The largest absolute Gasteiger partial charge is 0.327 e. The summed E-state index contributed by atoms with van der Waals surface area (Å²) in [4.78, 5) is 18.5. The second kappa shape index (κ2) is 3.05. The number of H-pyrrole nitrogens is 1. The number of azide groups is 1. The Labute approximate surface area is 65.8 Å². The summed E-state index contributed by atoms with van der Waals surface area (Å²) in [5.41, 5.74) is 8.00. The number of nitrogens with zero attached hydrogens (tertiary/aromatic N) is 4. The van der Waals surface area contributed by atoms with Crippen molar-refractivity contribution in [1.29, 1.82) is 0 Å². The van der Waals surface area contributed by atoms with Crippen LogP contribution in [0, 0.1) is 0 Å². The number of hydrogen-bond donors (Lipinski definition) is 1. The van der Waals surface area contributed by atoms with Gasteiger partial charge in [-0.25, -0.2) is 4.98 Å². The fourth-order valence-electron chi connectivity index (χ4n) is 0.521. The van der Waals surface area contributed by atoms with Gasteiger partial charge in [-0.3, -0.25) is 4.79 Å². The van der Waals surface area contributed by atoms with Crippen molar-refractivity contribution < 1.29 is 4.79 Å². The number of imidazole rings is 1. The van der Waals surface area contributed by atoms with Gasteiger partial charge in [0.1, 0.15) is 10.8 Å². The Kier molecular flexibility index (Phi) is 2.10. The van der Waals surface area contributed by atoms with Crippen LogP contribution in [0.25, 0.3) is 10.4 Å². The maximum atomic E-state index is 10.1. The molecule has 1 aromatic heterocycles. The van der Waals surface area contributed by atoms with Crippen LogP contribution in [0.1, 0.15) is 10.5 Å². The van der Waals surface area contributed by atoms with Crippen molar-refractivity contribution in [3.63, 3.8) is 0 Å². The van der Waals surface area contributed by atoms with E-state index in [1.807, 2.05) is 0 Å². The Morgan fingerprint density at radius 2 is 2.55 bits per heavy atom. The summed E-state index contributed by atoms with van der Waals surface area (Å²) >= 11 is 5.45. The van der Waals surface area contributed by atoms with E-state index in [1.165, 1.54) is 0 Å². The molecule has 0 fully saturated rings. The van der Waals surface area contributed by atoms with Gasteiger partial charge in [-0.05, 0) is 10.6 Å². The minimum atomic E-state index is -0.0143. The van der Waals surface area contributed by atoms with E-state index >= 15 is 0 Å². The second-order valence-electron chi connectivity index (χ2n) is 1.57. The van der Waals surface area contributed by atoms with Crippen LogP contribution in [-0.4, -0.2) is 16.3 Å². The Balaban J connectivity index is 3.13. The van der Waals surface area contributed by atoms with Gasteiger partial charge in [0.2, 0.25) is 0 Å². The molecule has 1 aromatic rings. The molecule has 0 atom stereocenters. The van der Waals surface area contributed by atoms with Crippen LogP contribution in [0.15, 0.2) is 5.11 Å². The molecule has 0 saturated carbocycles. The lowest BCUT2D eigenvalue weighted by Crippen LogP contribution is -1.76. The summed E-state index contributed by atoms with van der Waals surface area (Å²) in [6.45, 7) is 0. The average molecular weight is 172 g/mol. The first-order valence-corrected chi connectivity index (χ1v) is 2.91. The number of aromatic nitrogens is 2. The highest BCUT2D eigenvalue weighted by Gasteiger charge is 2.04. The molecule has 0 radical (unpaired) electrons. The van der Waals surface area contributed by atoms with E-state index in [0.29, 0.717) is 6.29 Å². The smallest absolute Gasteiger partial charge is 0.196 e. The van der Waals surface area contributed by atoms with Gasteiger partial charge in [0, 0.05) is 4.91 Å². The van der Waals surface area contributed by atoms with Crippen LogP contribution in [0.3, 0.4) is 0 Å². The highest BCUT2D eigenvalue weighted by atomic mass is 35.5. The van der Waals surface area contributed by atoms with Crippen molar-refractivity contribution >= 4 is 23.8 Å². The summed E-state index contributed by atoms with van der Waals surface area (Å²) in [6.07, 6.45) is 0.467. The van der Waals surface area contributed by atoms with E-state index in [1.54, 1.807) is 0 Å². The molecule has 11 heavy (non-hydrogen) atoms. The first kappa shape index (κ1) is 7.59. The average Bonchev–Trinajstić information content (AvgIpc) is 2.32. The van der Waals surface area contributed by atoms with Gasteiger partial charge in [0.15, 0.2) is 12.2 Å². The molecule has 6 nitrogen and oxygen atoms in total. The van der Waals surface area contributed by atoms with Gasteiger partial charge in [0.05, 0.1) is 0 Å². The summed E-state index contributed by atoms with van der Waals surface area (Å²) in [7, 11) is 0. The van der Waals surface area contributed by atoms with E-state index in [9.17, 15) is 4.79 Å². The molecule has 0 aromatic carbocycles. The lowest BCUT2D eigenvalue weighted by atomic mass is 10.5. The highest BCUT2D eigenvalue weighted by Crippen LogP contribution is 2.15. The van der Waals surface area contributed by atoms with Gasteiger partial charge in [-0.2, -0.15) is 0 Å². The molecule has 1 rings (SSSR count). The van der Waals surface area contributed by atoms with Crippen molar-refractivity contribution in [3.8, 4) is 0 Å². The van der Waals surface area contributed by atoms with Crippen LogP contribution >= 0.6 is 11.6 Å². The molecular formula is C4H2ClN5O. The number of aromatic amines is 1. The molecule has 1 N–H and O–H groups in total. The molecule has 0 saturated heterocycles. The Hall–Kier alpha value is -1.52. The highest BCUT2D eigenvalue weighted by molar-refractivity contribution is 6.31. The first-order chi connectivity index (χ1) is 5.27. The Morgan fingerprint density at radius 1 is 1.82 bits per heavy atom. The number of halogens is 1. The fourth-order valence-corrected chi connectivity index (χ4v) is 0.692. The fraction of sp³-hybridized carbons (Fsp3) is 0. The SMILES string of the molecule is [N-]=[N+]=Nc1nc(C=O)c(Cl)[nH]1. The zero-order valence-corrected chi connectivity index (χ0v) is 5.91. The Bertz CT molecular complexity index is 325. The standard InChI is InChI=1S/C4H2ClN5O/c5-3-2(1-11)7-4(8-3)9-10-6/h1H,(H,7,8). The second-order valence-corrected chi connectivity index (χ2v) is 1.94. The van der Waals surface area contributed by atoms with Crippen LogP contribution in [0.2, 0.25) is 5.15 Å². The number of carbonyl (C=O) groups is 1. The molecule has 0 aliphatic carbocycles. The molecule has 7 heteroatoms. The van der Waals surface area contributed by atoms with Crippen molar-refractivity contribution in [2.75, 3.05) is 0 Å². The minimum absolute atomic E-state index is 0.0143. The number of rotatable bonds is 2. The summed E-state index contributed by atoms with van der Waals surface area (Å²) in [5, 5.41) is 3.18. The normalized spacial score (nSPS) is 8.82. The summed E-state index contributed by atoms with van der Waals surface area (Å²) in [5.74, 6) is -0.0143. The molecular weight excluding hydrogens is 170 g/mol. The van der Waals surface area contributed by atoms with Crippen LogP contribution < -0.4 is 0 Å². The van der Waals surface area contributed by atoms with Gasteiger partial charge in [-0.15, -0.1) is 0 Å². The molecule has 0 aliphatic rings.